The molecule has 1 rings (SSSR count). The van der Waals surface area contributed by atoms with E-state index in [4.69, 9.17) is 4.74 Å². The van der Waals surface area contributed by atoms with Crippen LogP contribution in [0.25, 0.3) is 0 Å². The number of nitrogens with one attached hydrogen (secondary N) is 1. The lowest BCUT2D eigenvalue weighted by Crippen LogP contribution is -2.44. The fraction of sp³-hybridized carbons (Fsp3) is 1.00. The molecule has 1 fully saturated rings. The molecule has 0 radical (unpaired) electrons. The summed E-state index contributed by atoms with van der Waals surface area (Å²) in [6.45, 7) is 11.4. The molecule has 0 aromatic heterocycles. The van der Waals surface area contributed by atoms with E-state index in [1.807, 2.05) is 0 Å². The standard InChI is InChI=1S/C14H30N2O/c1-5-12(2)14-11-16(9-6-10-17-4)13(3)7-8-15-14/h12-15H,5-11H2,1-4H3. The Balaban J connectivity index is 2.46. The summed E-state index contributed by atoms with van der Waals surface area (Å²) in [5, 5.41) is 3.71. The van der Waals surface area contributed by atoms with Crippen LogP contribution in [0.15, 0.2) is 0 Å². The molecular formula is C14H30N2O. The lowest BCUT2D eigenvalue weighted by atomic mass is 9.99. The quantitative estimate of drug-likeness (QED) is 0.722. The van der Waals surface area contributed by atoms with Gasteiger partial charge in [0.15, 0.2) is 0 Å². The predicted octanol–water partition coefficient (Wildman–Crippen LogP) is 2.12. The van der Waals surface area contributed by atoms with Gasteiger partial charge in [-0.15, -0.1) is 0 Å². The van der Waals surface area contributed by atoms with Gasteiger partial charge in [0.1, 0.15) is 0 Å². The topological polar surface area (TPSA) is 24.5 Å². The van der Waals surface area contributed by atoms with Crippen molar-refractivity contribution in [3.05, 3.63) is 0 Å². The minimum atomic E-state index is 0.660. The second-order valence-electron chi connectivity index (χ2n) is 5.43. The average Bonchev–Trinajstić information content (AvgIpc) is 2.51. The summed E-state index contributed by atoms with van der Waals surface area (Å²) >= 11 is 0. The van der Waals surface area contributed by atoms with Gasteiger partial charge in [0.25, 0.3) is 0 Å². The Kier molecular flexibility index (Phi) is 7.09. The molecule has 102 valence electrons. The van der Waals surface area contributed by atoms with E-state index in [9.17, 15) is 0 Å². The van der Waals surface area contributed by atoms with Gasteiger partial charge >= 0.3 is 0 Å². The maximum Gasteiger partial charge on any atom is 0.0474 e. The van der Waals surface area contributed by atoms with Crippen molar-refractivity contribution in [1.29, 1.82) is 0 Å². The SMILES string of the molecule is CCC(C)C1CN(CCCOC)C(C)CCN1. The summed E-state index contributed by atoms with van der Waals surface area (Å²) in [6.07, 6.45) is 3.67. The molecule has 0 saturated carbocycles. The van der Waals surface area contributed by atoms with Crippen LogP contribution < -0.4 is 5.32 Å². The molecule has 1 N–H and O–H groups in total. The van der Waals surface area contributed by atoms with Crippen molar-refractivity contribution >= 4 is 0 Å². The molecule has 3 unspecified atom stereocenters. The van der Waals surface area contributed by atoms with E-state index in [2.05, 4.69) is 31.0 Å². The molecule has 1 saturated heterocycles. The summed E-state index contributed by atoms with van der Waals surface area (Å²) in [6, 6.07) is 1.36. The number of hydrogen-bond donors (Lipinski definition) is 1. The van der Waals surface area contributed by atoms with Gasteiger partial charge in [0.2, 0.25) is 0 Å². The van der Waals surface area contributed by atoms with Crippen molar-refractivity contribution < 1.29 is 4.74 Å². The lowest BCUT2D eigenvalue weighted by Gasteiger charge is -2.31. The van der Waals surface area contributed by atoms with Gasteiger partial charge < -0.3 is 10.1 Å². The van der Waals surface area contributed by atoms with Crippen molar-refractivity contribution in [2.75, 3.05) is 33.4 Å². The zero-order valence-corrected chi connectivity index (χ0v) is 12.0. The highest BCUT2D eigenvalue weighted by Crippen LogP contribution is 2.16. The third-order valence-electron chi connectivity index (χ3n) is 4.15. The average molecular weight is 242 g/mol. The summed E-state index contributed by atoms with van der Waals surface area (Å²) in [7, 11) is 1.79. The van der Waals surface area contributed by atoms with Crippen molar-refractivity contribution in [3.8, 4) is 0 Å². The normalized spacial score (nSPS) is 28.9. The Bertz CT molecular complexity index is 199. The second-order valence-corrected chi connectivity index (χ2v) is 5.43. The highest BCUT2D eigenvalue weighted by molar-refractivity contribution is 4.83. The minimum Gasteiger partial charge on any atom is -0.385 e. The number of hydrogen-bond acceptors (Lipinski definition) is 3. The van der Waals surface area contributed by atoms with Crippen LogP contribution in [0, 0.1) is 5.92 Å². The lowest BCUT2D eigenvalue weighted by molar-refractivity contribution is 0.146. The molecule has 0 aromatic carbocycles. The van der Waals surface area contributed by atoms with Crippen LogP contribution in [-0.4, -0.2) is 50.3 Å². The molecule has 0 bridgehead atoms. The van der Waals surface area contributed by atoms with Crippen LogP contribution in [0.5, 0.6) is 0 Å². The van der Waals surface area contributed by atoms with E-state index in [-0.39, 0.29) is 0 Å². The summed E-state index contributed by atoms with van der Waals surface area (Å²) in [5.41, 5.74) is 0. The molecule has 17 heavy (non-hydrogen) atoms. The van der Waals surface area contributed by atoms with Crippen molar-refractivity contribution in [1.82, 2.24) is 10.2 Å². The molecule has 3 heteroatoms. The Morgan fingerprint density at radius 2 is 2.24 bits per heavy atom. The number of nitrogens with zero attached hydrogens (tertiary/aromatic N) is 1. The van der Waals surface area contributed by atoms with Crippen LogP contribution in [-0.2, 0) is 4.74 Å². The first-order valence-electron chi connectivity index (χ1n) is 7.15. The maximum atomic E-state index is 5.15. The Morgan fingerprint density at radius 3 is 2.88 bits per heavy atom. The Hall–Kier alpha value is -0.120. The first kappa shape index (κ1) is 14.9. The van der Waals surface area contributed by atoms with Gasteiger partial charge in [-0.3, -0.25) is 4.90 Å². The van der Waals surface area contributed by atoms with Crippen molar-refractivity contribution in [2.24, 2.45) is 5.92 Å². The molecule has 0 amide bonds. The van der Waals surface area contributed by atoms with E-state index in [0.29, 0.717) is 12.1 Å². The van der Waals surface area contributed by atoms with Crippen molar-refractivity contribution in [2.45, 2.75) is 52.1 Å². The van der Waals surface area contributed by atoms with Crippen molar-refractivity contribution in [3.63, 3.8) is 0 Å². The first-order valence-corrected chi connectivity index (χ1v) is 7.15. The fourth-order valence-electron chi connectivity index (χ4n) is 2.55. The zero-order chi connectivity index (χ0) is 12.7. The molecule has 0 spiro atoms. The van der Waals surface area contributed by atoms with Crippen LogP contribution in [0.1, 0.15) is 40.0 Å². The van der Waals surface area contributed by atoms with E-state index >= 15 is 0 Å². The number of ether oxygens (including phenoxy) is 1. The van der Waals surface area contributed by atoms with Crippen LogP contribution in [0.3, 0.4) is 0 Å². The summed E-state index contributed by atoms with van der Waals surface area (Å²) < 4.78 is 5.15. The molecule has 1 aliphatic heterocycles. The van der Waals surface area contributed by atoms with Crippen LogP contribution in [0.2, 0.25) is 0 Å². The van der Waals surface area contributed by atoms with E-state index in [1.54, 1.807) is 7.11 Å². The van der Waals surface area contributed by atoms with Crippen LogP contribution >= 0.6 is 0 Å². The predicted molar refractivity (Wildman–Crippen MR) is 73.4 cm³/mol. The summed E-state index contributed by atoms with van der Waals surface area (Å²) in [4.78, 5) is 2.63. The van der Waals surface area contributed by atoms with Gasteiger partial charge in [0.05, 0.1) is 0 Å². The largest absolute Gasteiger partial charge is 0.385 e. The van der Waals surface area contributed by atoms with E-state index in [0.717, 1.165) is 25.5 Å². The van der Waals surface area contributed by atoms with Gasteiger partial charge in [-0.25, -0.2) is 0 Å². The van der Waals surface area contributed by atoms with Crippen LogP contribution in [0.4, 0.5) is 0 Å². The third kappa shape index (κ3) is 4.94. The molecule has 1 aliphatic rings. The summed E-state index contributed by atoms with van der Waals surface area (Å²) in [5.74, 6) is 0.769. The van der Waals surface area contributed by atoms with E-state index < -0.39 is 0 Å². The smallest absolute Gasteiger partial charge is 0.0474 e. The highest BCUT2D eigenvalue weighted by atomic mass is 16.5. The highest BCUT2D eigenvalue weighted by Gasteiger charge is 2.25. The van der Waals surface area contributed by atoms with Gasteiger partial charge in [-0.2, -0.15) is 0 Å². The van der Waals surface area contributed by atoms with Gasteiger partial charge in [-0.05, 0) is 32.2 Å². The number of rotatable bonds is 6. The minimum absolute atomic E-state index is 0.660. The molecular weight excluding hydrogens is 212 g/mol. The van der Waals surface area contributed by atoms with Gasteiger partial charge in [-0.1, -0.05) is 20.3 Å². The Labute approximate surface area is 107 Å². The van der Waals surface area contributed by atoms with Gasteiger partial charge in [0, 0.05) is 38.9 Å². The first-order chi connectivity index (χ1) is 8.19. The second kappa shape index (κ2) is 8.06. The third-order valence-corrected chi connectivity index (χ3v) is 4.15. The molecule has 3 nitrogen and oxygen atoms in total. The molecule has 1 heterocycles. The monoisotopic (exact) mass is 242 g/mol. The van der Waals surface area contributed by atoms with E-state index in [1.165, 1.54) is 25.9 Å². The maximum absolute atomic E-state index is 5.15. The Morgan fingerprint density at radius 1 is 1.47 bits per heavy atom. The zero-order valence-electron chi connectivity index (χ0n) is 12.0. The molecule has 3 atom stereocenters. The molecule has 0 aliphatic carbocycles. The number of methoxy groups -OCH3 is 1. The molecule has 0 aromatic rings. The fourth-order valence-corrected chi connectivity index (χ4v) is 2.55.